The quantitative estimate of drug-likeness (QED) is 0.731. The van der Waals surface area contributed by atoms with Gasteiger partial charge in [-0.05, 0) is 24.3 Å². The maximum Gasteiger partial charge on any atom is 0.387 e. The zero-order chi connectivity index (χ0) is 20.3. The number of piperazine rings is 1. The van der Waals surface area contributed by atoms with E-state index in [2.05, 4.69) is 4.74 Å². The fraction of sp³-hybridized carbons (Fsp3) is 0.278. The molecule has 150 valence electrons. The molecule has 0 radical (unpaired) electrons. The van der Waals surface area contributed by atoms with Crippen LogP contribution in [-0.2, 0) is 10.0 Å². The largest absolute Gasteiger partial charge is 0.434 e. The number of hydrogen-bond donors (Lipinski definition) is 0. The molecule has 0 atom stereocenters. The van der Waals surface area contributed by atoms with Crippen molar-refractivity contribution in [1.82, 2.24) is 9.21 Å². The fourth-order valence-corrected chi connectivity index (χ4v) is 4.85. The number of para-hydroxylation sites is 1. The molecule has 28 heavy (non-hydrogen) atoms. The average Bonchev–Trinajstić information content (AvgIpc) is 2.68. The smallest absolute Gasteiger partial charge is 0.387 e. The molecule has 3 rings (SSSR count). The van der Waals surface area contributed by atoms with Crippen LogP contribution in [0, 0.1) is 0 Å². The molecule has 1 fully saturated rings. The highest BCUT2D eigenvalue weighted by atomic mass is 35.5. The Bertz CT molecular complexity index is 964. The fourth-order valence-electron chi connectivity index (χ4n) is 2.94. The summed E-state index contributed by atoms with van der Waals surface area (Å²) in [6.45, 7) is -2.68. The van der Waals surface area contributed by atoms with Crippen LogP contribution in [0.2, 0.25) is 5.02 Å². The monoisotopic (exact) mass is 430 g/mol. The third-order valence-corrected chi connectivity index (χ3v) is 6.71. The van der Waals surface area contributed by atoms with Gasteiger partial charge < -0.3 is 9.64 Å². The molecule has 2 aromatic rings. The summed E-state index contributed by atoms with van der Waals surface area (Å²) in [5.74, 6) is -0.709. The lowest BCUT2D eigenvalue weighted by molar-refractivity contribution is -0.0503. The molecule has 2 aromatic carbocycles. The van der Waals surface area contributed by atoms with Crippen LogP contribution in [0.25, 0.3) is 0 Å². The van der Waals surface area contributed by atoms with Crippen molar-refractivity contribution >= 4 is 27.5 Å². The van der Waals surface area contributed by atoms with E-state index in [1.165, 1.54) is 39.5 Å². The number of nitrogens with zero attached hydrogens (tertiary/aromatic N) is 2. The number of rotatable bonds is 5. The Morgan fingerprint density at radius 1 is 1.00 bits per heavy atom. The van der Waals surface area contributed by atoms with Gasteiger partial charge in [-0.3, -0.25) is 4.79 Å². The van der Waals surface area contributed by atoms with Crippen molar-refractivity contribution in [1.29, 1.82) is 0 Å². The van der Waals surface area contributed by atoms with Gasteiger partial charge in [0.05, 0.1) is 10.6 Å². The minimum atomic E-state index is -3.79. The highest BCUT2D eigenvalue weighted by Gasteiger charge is 2.32. The van der Waals surface area contributed by atoms with Gasteiger partial charge in [0.2, 0.25) is 10.0 Å². The highest BCUT2D eigenvalue weighted by molar-refractivity contribution is 7.89. The number of hydrogen-bond acceptors (Lipinski definition) is 4. The summed E-state index contributed by atoms with van der Waals surface area (Å²) < 4.78 is 56.3. The van der Waals surface area contributed by atoms with Crippen molar-refractivity contribution in [3.8, 4) is 5.75 Å². The second-order valence-electron chi connectivity index (χ2n) is 6.00. The highest BCUT2D eigenvalue weighted by Crippen LogP contribution is 2.26. The summed E-state index contributed by atoms with van der Waals surface area (Å²) >= 11 is 6.00. The molecule has 0 bridgehead atoms. The van der Waals surface area contributed by atoms with E-state index in [1.807, 2.05) is 0 Å². The van der Waals surface area contributed by atoms with Gasteiger partial charge in [-0.2, -0.15) is 13.1 Å². The van der Waals surface area contributed by atoms with Gasteiger partial charge in [-0.1, -0.05) is 35.9 Å². The zero-order valence-corrected chi connectivity index (χ0v) is 16.2. The minimum absolute atomic E-state index is 0.00482. The topological polar surface area (TPSA) is 66.9 Å². The lowest BCUT2D eigenvalue weighted by atomic mass is 10.1. The molecule has 1 amide bonds. The molecule has 6 nitrogen and oxygen atoms in total. The molecule has 0 aliphatic carbocycles. The summed E-state index contributed by atoms with van der Waals surface area (Å²) in [7, 11) is -3.79. The predicted molar refractivity (Wildman–Crippen MR) is 99.2 cm³/mol. The first-order valence-corrected chi connectivity index (χ1v) is 10.2. The van der Waals surface area contributed by atoms with Crippen LogP contribution in [0.15, 0.2) is 53.4 Å². The number of benzene rings is 2. The molecule has 0 aromatic heterocycles. The summed E-state index contributed by atoms with van der Waals surface area (Å²) in [5.41, 5.74) is 0.00482. The van der Waals surface area contributed by atoms with Crippen LogP contribution < -0.4 is 4.74 Å². The number of sulfonamides is 1. The predicted octanol–water partition coefficient (Wildman–Crippen LogP) is 3.09. The van der Waals surface area contributed by atoms with Crippen molar-refractivity contribution in [2.45, 2.75) is 11.5 Å². The van der Waals surface area contributed by atoms with Crippen molar-refractivity contribution in [3.05, 3.63) is 59.1 Å². The van der Waals surface area contributed by atoms with Gasteiger partial charge in [0.1, 0.15) is 10.6 Å². The van der Waals surface area contributed by atoms with E-state index < -0.39 is 22.5 Å². The molecule has 1 saturated heterocycles. The summed E-state index contributed by atoms with van der Waals surface area (Å²) in [6, 6.07) is 11.9. The van der Waals surface area contributed by atoms with Gasteiger partial charge in [-0.25, -0.2) is 8.42 Å². The van der Waals surface area contributed by atoms with Crippen molar-refractivity contribution < 1.29 is 26.7 Å². The van der Waals surface area contributed by atoms with Crippen molar-refractivity contribution in [2.24, 2.45) is 0 Å². The maximum atomic E-state index is 12.8. The lowest BCUT2D eigenvalue weighted by Crippen LogP contribution is -2.50. The molecular weight excluding hydrogens is 414 g/mol. The van der Waals surface area contributed by atoms with Gasteiger partial charge >= 0.3 is 6.61 Å². The lowest BCUT2D eigenvalue weighted by Gasteiger charge is -2.34. The first-order valence-electron chi connectivity index (χ1n) is 8.38. The molecule has 0 N–H and O–H groups in total. The number of halogens is 3. The first kappa shape index (κ1) is 20.5. The van der Waals surface area contributed by atoms with E-state index in [1.54, 1.807) is 18.2 Å². The minimum Gasteiger partial charge on any atom is -0.434 e. The van der Waals surface area contributed by atoms with Gasteiger partial charge in [0.15, 0.2) is 0 Å². The Balaban J connectivity index is 1.72. The van der Waals surface area contributed by atoms with Crippen LogP contribution >= 0.6 is 11.6 Å². The second kappa shape index (κ2) is 8.42. The van der Waals surface area contributed by atoms with Crippen LogP contribution in [-0.4, -0.2) is 56.3 Å². The Labute approximate surface area is 166 Å². The van der Waals surface area contributed by atoms with Crippen molar-refractivity contribution in [3.63, 3.8) is 0 Å². The van der Waals surface area contributed by atoms with E-state index in [0.29, 0.717) is 0 Å². The molecule has 10 heteroatoms. The third kappa shape index (κ3) is 4.26. The van der Waals surface area contributed by atoms with Crippen LogP contribution in [0.3, 0.4) is 0 Å². The van der Waals surface area contributed by atoms with Gasteiger partial charge in [-0.15, -0.1) is 0 Å². The Morgan fingerprint density at radius 2 is 1.61 bits per heavy atom. The summed E-state index contributed by atoms with van der Waals surface area (Å²) in [4.78, 5) is 14.1. The average molecular weight is 431 g/mol. The van der Waals surface area contributed by atoms with Gasteiger partial charge in [0.25, 0.3) is 5.91 Å². The summed E-state index contributed by atoms with van der Waals surface area (Å²) in [5, 5.41) is 0.124. The number of amides is 1. The van der Waals surface area contributed by atoms with Crippen molar-refractivity contribution in [2.75, 3.05) is 26.2 Å². The molecule has 0 unspecified atom stereocenters. The standard InChI is InChI=1S/C18H17ClF2N2O4S/c19-14-6-2-4-8-16(14)28(25,26)23-11-9-22(10-12-23)17(24)13-5-1-3-7-15(13)27-18(20)21/h1-8,18H,9-12H2. The van der Waals surface area contributed by atoms with E-state index in [4.69, 9.17) is 11.6 Å². The Hall–Kier alpha value is -2.23. The van der Waals surface area contributed by atoms with Crippen LogP contribution in [0.1, 0.15) is 10.4 Å². The van der Waals surface area contributed by atoms with E-state index in [-0.39, 0.29) is 47.4 Å². The van der Waals surface area contributed by atoms with Gasteiger partial charge in [0, 0.05) is 26.2 Å². The molecule has 1 aliphatic rings. The molecule has 0 saturated carbocycles. The van der Waals surface area contributed by atoms with E-state index in [0.717, 1.165) is 0 Å². The molecular formula is C18H17ClF2N2O4S. The van der Waals surface area contributed by atoms with E-state index >= 15 is 0 Å². The number of ether oxygens (including phenoxy) is 1. The zero-order valence-electron chi connectivity index (χ0n) is 14.6. The third-order valence-electron chi connectivity index (χ3n) is 4.31. The summed E-state index contributed by atoms with van der Waals surface area (Å²) in [6.07, 6.45) is 0. The number of carbonyl (C=O) groups is 1. The molecule has 1 heterocycles. The first-order chi connectivity index (χ1) is 13.3. The maximum absolute atomic E-state index is 12.8. The second-order valence-corrected chi connectivity index (χ2v) is 8.31. The SMILES string of the molecule is O=C(c1ccccc1OC(F)F)N1CCN(S(=O)(=O)c2ccccc2Cl)CC1. The molecule has 0 spiro atoms. The molecule has 1 aliphatic heterocycles. The number of alkyl halides is 2. The van der Waals surface area contributed by atoms with E-state index in [9.17, 15) is 22.0 Å². The number of carbonyl (C=O) groups excluding carboxylic acids is 1. The van der Waals surface area contributed by atoms with Crippen LogP contribution in [0.5, 0.6) is 5.75 Å². The Kier molecular flexibility index (Phi) is 6.17. The Morgan fingerprint density at radius 3 is 2.25 bits per heavy atom. The normalized spacial score (nSPS) is 15.6. The van der Waals surface area contributed by atoms with Crippen LogP contribution in [0.4, 0.5) is 8.78 Å².